The van der Waals surface area contributed by atoms with Crippen LogP contribution in [-0.2, 0) is 14.3 Å². The predicted molar refractivity (Wildman–Crippen MR) is 61.0 cm³/mol. The van der Waals surface area contributed by atoms with Gasteiger partial charge in [-0.2, -0.15) is 0 Å². The third-order valence-electron chi connectivity index (χ3n) is 2.76. The Bertz CT molecular complexity index is 223. The van der Waals surface area contributed by atoms with E-state index < -0.39 is 0 Å². The van der Waals surface area contributed by atoms with Gasteiger partial charge in [0.1, 0.15) is 6.61 Å². The highest BCUT2D eigenvalue weighted by Gasteiger charge is 2.25. The molecule has 0 aliphatic heterocycles. The van der Waals surface area contributed by atoms with Crippen molar-refractivity contribution in [3.8, 4) is 0 Å². The van der Waals surface area contributed by atoms with E-state index in [0.717, 1.165) is 19.3 Å². The third-order valence-corrected chi connectivity index (χ3v) is 2.76. The number of methoxy groups -OCH3 is 1. The summed E-state index contributed by atoms with van der Waals surface area (Å²) in [6.45, 7) is 2.49. The molecule has 1 amide bonds. The molecule has 0 bridgehead atoms. The molecule has 5 nitrogen and oxygen atoms in total. The second-order valence-corrected chi connectivity index (χ2v) is 4.37. The maximum absolute atomic E-state index is 11.5. The molecule has 1 saturated carbocycles. The number of nitrogens with one attached hydrogen (secondary N) is 1. The van der Waals surface area contributed by atoms with Gasteiger partial charge in [0.25, 0.3) is 0 Å². The maximum Gasteiger partial charge on any atom is 0.246 e. The molecule has 1 aliphatic rings. The van der Waals surface area contributed by atoms with Crippen molar-refractivity contribution in [2.75, 3.05) is 20.3 Å². The molecule has 0 radical (unpaired) electrons. The molecule has 3 unspecified atom stereocenters. The van der Waals surface area contributed by atoms with Crippen molar-refractivity contribution in [2.45, 2.75) is 44.4 Å². The average Bonchev–Trinajstić information content (AvgIpc) is 2.61. The van der Waals surface area contributed by atoms with Crippen molar-refractivity contribution in [1.82, 2.24) is 5.32 Å². The van der Waals surface area contributed by atoms with Crippen LogP contribution in [0.25, 0.3) is 0 Å². The topological polar surface area (TPSA) is 73.6 Å². The SMILES string of the molecule is COCC(C)NC(=O)COC1CCCC1N. The number of nitrogens with two attached hydrogens (primary N) is 1. The van der Waals surface area contributed by atoms with E-state index in [4.69, 9.17) is 15.2 Å². The maximum atomic E-state index is 11.5. The zero-order valence-corrected chi connectivity index (χ0v) is 10.1. The summed E-state index contributed by atoms with van der Waals surface area (Å²) >= 11 is 0. The fraction of sp³-hybridized carbons (Fsp3) is 0.909. The van der Waals surface area contributed by atoms with Gasteiger partial charge in [-0.1, -0.05) is 0 Å². The van der Waals surface area contributed by atoms with Crippen LogP contribution in [0.2, 0.25) is 0 Å². The smallest absolute Gasteiger partial charge is 0.246 e. The van der Waals surface area contributed by atoms with E-state index in [2.05, 4.69) is 5.32 Å². The third kappa shape index (κ3) is 4.47. The van der Waals surface area contributed by atoms with E-state index in [-0.39, 0.29) is 30.7 Å². The lowest BCUT2D eigenvalue weighted by atomic mass is 10.2. The molecule has 1 rings (SSSR count). The lowest BCUT2D eigenvalue weighted by molar-refractivity contribution is -0.128. The minimum absolute atomic E-state index is 0.0124. The molecule has 16 heavy (non-hydrogen) atoms. The zero-order valence-electron chi connectivity index (χ0n) is 10.1. The molecule has 3 N–H and O–H groups in total. The van der Waals surface area contributed by atoms with Gasteiger partial charge in [-0.15, -0.1) is 0 Å². The number of carbonyl (C=O) groups excluding carboxylic acids is 1. The Hall–Kier alpha value is -0.650. The molecule has 0 heterocycles. The Kier molecular flexibility index (Phi) is 5.73. The average molecular weight is 230 g/mol. The number of rotatable bonds is 6. The van der Waals surface area contributed by atoms with Gasteiger partial charge in [-0.25, -0.2) is 0 Å². The highest BCUT2D eigenvalue weighted by Crippen LogP contribution is 2.19. The minimum atomic E-state index is -0.108. The van der Waals surface area contributed by atoms with Gasteiger partial charge in [0, 0.05) is 19.2 Å². The van der Waals surface area contributed by atoms with E-state index in [1.54, 1.807) is 7.11 Å². The first-order valence-electron chi connectivity index (χ1n) is 5.79. The number of carbonyl (C=O) groups is 1. The van der Waals surface area contributed by atoms with Crippen molar-refractivity contribution in [2.24, 2.45) is 5.73 Å². The lowest BCUT2D eigenvalue weighted by Gasteiger charge is -2.17. The second kappa shape index (κ2) is 6.83. The summed E-state index contributed by atoms with van der Waals surface area (Å²) in [6, 6.07) is 0.0996. The van der Waals surface area contributed by atoms with E-state index in [9.17, 15) is 4.79 Å². The van der Waals surface area contributed by atoms with Crippen molar-refractivity contribution in [3.63, 3.8) is 0 Å². The van der Waals surface area contributed by atoms with Gasteiger partial charge in [-0.05, 0) is 26.2 Å². The monoisotopic (exact) mass is 230 g/mol. The number of ether oxygens (including phenoxy) is 2. The summed E-state index contributed by atoms with van der Waals surface area (Å²) in [6.07, 6.45) is 3.09. The van der Waals surface area contributed by atoms with Crippen LogP contribution in [0.1, 0.15) is 26.2 Å². The second-order valence-electron chi connectivity index (χ2n) is 4.37. The molecule has 0 aromatic rings. The van der Waals surface area contributed by atoms with Crippen LogP contribution in [0.5, 0.6) is 0 Å². The van der Waals surface area contributed by atoms with Crippen molar-refractivity contribution >= 4 is 5.91 Å². The summed E-state index contributed by atoms with van der Waals surface area (Å²) in [4.78, 5) is 11.5. The number of amides is 1. The van der Waals surface area contributed by atoms with Crippen LogP contribution in [0.3, 0.4) is 0 Å². The Morgan fingerprint density at radius 1 is 1.56 bits per heavy atom. The zero-order chi connectivity index (χ0) is 12.0. The summed E-state index contributed by atoms with van der Waals surface area (Å²) < 4.78 is 10.4. The standard InChI is InChI=1S/C11H22N2O3/c1-8(6-15-2)13-11(14)7-16-10-5-3-4-9(10)12/h8-10H,3-7,12H2,1-2H3,(H,13,14). The molecule has 1 aliphatic carbocycles. The molecule has 0 aromatic carbocycles. The Morgan fingerprint density at radius 2 is 2.31 bits per heavy atom. The minimum Gasteiger partial charge on any atom is -0.383 e. The summed E-state index contributed by atoms with van der Waals surface area (Å²) in [5.74, 6) is -0.108. The lowest BCUT2D eigenvalue weighted by Crippen LogP contribution is -2.40. The summed E-state index contributed by atoms with van der Waals surface area (Å²) in [7, 11) is 1.61. The summed E-state index contributed by atoms with van der Waals surface area (Å²) in [5.41, 5.74) is 5.84. The quantitative estimate of drug-likeness (QED) is 0.675. The van der Waals surface area contributed by atoms with Gasteiger partial charge in [0.05, 0.1) is 12.7 Å². The number of hydrogen-bond acceptors (Lipinski definition) is 4. The van der Waals surface area contributed by atoms with Crippen molar-refractivity contribution < 1.29 is 14.3 Å². The van der Waals surface area contributed by atoms with Crippen LogP contribution in [-0.4, -0.2) is 44.4 Å². The fourth-order valence-corrected chi connectivity index (χ4v) is 1.95. The van der Waals surface area contributed by atoms with Gasteiger partial charge < -0.3 is 20.5 Å². The number of hydrogen-bond donors (Lipinski definition) is 2. The molecular weight excluding hydrogens is 208 g/mol. The first kappa shape index (κ1) is 13.4. The fourth-order valence-electron chi connectivity index (χ4n) is 1.95. The van der Waals surface area contributed by atoms with E-state index in [0.29, 0.717) is 6.61 Å². The first-order valence-corrected chi connectivity index (χ1v) is 5.79. The molecule has 1 fully saturated rings. The first-order chi connectivity index (χ1) is 7.63. The van der Waals surface area contributed by atoms with Crippen LogP contribution in [0.4, 0.5) is 0 Å². The van der Waals surface area contributed by atoms with Crippen molar-refractivity contribution in [3.05, 3.63) is 0 Å². The van der Waals surface area contributed by atoms with E-state index >= 15 is 0 Å². The molecular formula is C11H22N2O3. The molecule has 0 saturated heterocycles. The highest BCUT2D eigenvalue weighted by molar-refractivity contribution is 5.77. The van der Waals surface area contributed by atoms with Crippen LogP contribution in [0, 0.1) is 0 Å². The Balaban J connectivity index is 2.14. The van der Waals surface area contributed by atoms with Crippen molar-refractivity contribution in [1.29, 1.82) is 0 Å². The highest BCUT2D eigenvalue weighted by atomic mass is 16.5. The van der Waals surface area contributed by atoms with Gasteiger partial charge in [-0.3, -0.25) is 4.79 Å². The van der Waals surface area contributed by atoms with Gasteiger partial charge >= 0.3 is 0 Å². The molecule has 94 valence electrons. The Morgan fingerprint density at radius 3 is 2.88 bits per heavy atom. The normalized spacial score (nSPS) is 26.7. The van der Waals surface area contributed by atoms with Gasteiger partial charge in [0.2, 0.25) is 5.91 Å². The molecule has 0 spiro atoms. The summed E-state index contributed by atoms with van der Waals surface area (Å²) in [5, 5.41) is 2.79. The molecule has 3 atom stereocenters. The van der Waals surface area contributed by atoms with Crippen LogP contribution < -0.4 is 11.1 Å². The van der Waals surface area contributed by atoms with Crippen LogP contribution >= 0.6 is 0 Å². The van der Waals surface area contributed by atoms with Crippen LogP contribution in [0.15, 0.2) is 0 Å². The van der Waals surface area contributed by atoms with E-state index in [1.807, 2.05) is 6.92 Å². The largest absolute Gasteiger partial charge is 0.383 e. The molecule has 5 heteroatoms. The predicted octanol–water partition coefficient (Wildman–Crippen LogP) is 0.0339. The molecule has 0 aromatic heterocycles. The van der Waals surface area contributed by atoms with Gasteiger partial charge in [0.15, 0.2) is 0 Å². The Labute approximate surface area is 96.7 Å². The van der Waals surface area contributed by atoms with E-state index in [1.165, 1.54) is 0 Å².